The van der Waals surface area contributed by atoms with Gasteiger partial charge in [-0.15, -0.1) is 0 Å². The van der Waals surface area contributed by atoms with Gasteiger partial charge in [0.2, 0.25) is 17.5 Å². The van der Waals surface area contributed by atoms with Crippen LogP contribution in [0.25, 0.3) is 11.5 Å². The van der Waals surface area contributed by atoms with Gasteiger partial charge in [-0.1, -0.05) is 62.7 Å². The van der Waals surface area contributed by atoms with Crippen molar-refractivity contribution in [2.24, 2.45) is 0 Å². The minimum atomic E-state index is 0.123. The Kier molecular flexibility index (Phi) is 6.28. The topological polar surface area (TPSA) is 65.1 Å². The van der Waals surface area contributed by atoms with E-state index in [0.717, 1.165) is 11.1 Å². The van der Waals surface area contributed by atoms with E-state index in [0.29, 0.717) is 18.3 Å². The first-order valence-corrected chi connectivity index (χ1v) is 10.2. The summed E-state index contributed by atoms with van der Waals surface area (Å²) in [7, 11) is 4.10. The van der Waals surface area contributed by atoms with Gasteiger partial charge >= 0.3 is 0 Å². The number of nitrogens with zero attached hydrogens (tertiary/aromatic N) is 3. The summed E-state index contributed by atoms with van der Waals surface area (Å²) >= 11 is 0. The Morgan fingerprint density at radius 1 is 1.07 bits per heavy atom. The van der Waals surface area contributed by atoms with Crippen molar-refractivity contribution in [3.05, 3.63) is 70.9 Å². The first-order valence-electron chi connectivity index (χ1n) is 10.2. The number of aromatic nitrogens is 1. The lowest BCUT2D eigenvalue weighted by molar-refractivity contribution is 0.310. The second kappa shape index (κ2) is 8.73. The van der Waals surface area contributed by atoms with Gasteiger partial charge in [0.15, 0.2) is 0 Å². The molecule has 5 nitrogen and oxygen atoms in total. The van der Waals surface area contributed by atoms with E-state index in [1.165, 1.54) is 11.1 Å². The Morgan fingerprint density at radius 2 is 1.70 bits per heavy atom. The van der Waals surface area contributed by atoms with Gasteiger partial charge in [-0.2, -0.15) is 10.2 Å². The average molecular weight is 403 g/mol. The molecule has 0 saturated heterocycles. The highest BCUT2D eigenvalue weighted by Crippen LogP contribution is 2.28. The highest BCUT2D eigenvalue weighted by atomic mass is 16.4. The second-order valence-electron chi connectivity index (χ2n) is 8.91. The molecule has 3 rings (SSSR count). The Bertz CT molecular complexity index is 1020. The van der Waals surface area contributed by atoms with Crippen molar-refractivity contribution in [3.8, 4) is 17.5 Å². The summed E-state index contributed by atoms with van der Waals surface area (Å²) in [6.07, 6.45) is 0. The summed E-state index contributed by atoms with van der Waals surface area (Å²) in [6.45, 7) is 9.27. The van der Waals surface area contributed by atoms with Gasteiger partial charge in [-0.25, -0.2) is 0 Å². The quantitative estimate of drug-likeness (QED) is 0.587. The van der Waals surface area contributed by atoms with E-state index in [4.69, 9.17) is 4.42 Å². The molecule has 3 aromatic rings. The molecule has 1 unspecified atom stereocenters. The van der Waals surface area contributed by atoms with Crippen LogP contribution in [-0.2, 0) is 5.41 Å². The molecule has 0 aliphatic heterocycles. The zero-order valence-corrected chi connectivity index (χ0v) is 18.7. The van der Waals surface area contributed by atoms with Crippen LogP contribution in [0.4, 0.5) is 5.88 Å². The van der Waals surface area contributed by atoms with E-state index < -0.39 is 0 Å². The maximum absolute atomic E-state index is 9.50. The number of aryl methyl sites for hydroxylation is 1. The number of likely N-dealkylation sites (N-methyl/N-ethyl adjacent to an activating group) is 1. The third kappa shape index (κ3) is 4.90. The number of rotatable bonds is 6. The molecule has 0 fully saturated rings. The Balaban J connectivity index is 1.79. The third-order valence-electron chi connectivity index (χ3n) is 5.27. The van der Waals surface area contributed by atoms with Crippen molar-refractivity contribution in [1.82, 2.24) is 9.88 Å². The lowest BCUT2D eigenvalue weighted by Crippen LogP contribution is -2.27. The van der Waals surface area contributed by atoms with Gasteiger partial charge in [0.25, 0.3) is 0 Å². The van der Waals surface area contributed by atoms with Crippen LogP contribution in [0.1, 0.15) is 49.2 Å². The van der Waals surface area contributed by atoms with Gasteiger partial charge < -0.3 is 14.6 Å². The smallest absolute Gasteiger partial charge is 0.232 e. The molecule has 1 heterocycles. The van der Waals surface area contributed by atoms with Crippen LogP contribution in [-0.4, -0.2) is 30.5 Å². The zero-order chi connectivity index (χ0) is 21.9. The summed E-state index contributed by atoms with van der Waals surface area (Å²) in [5.41, 5.74) is 4.92. The predicted molar refractivity (Wildman–Crippen MR) is 121 cm³/mol. The van der Waals surface area contributed by atoms with E-state index in [9.17, 15) is 5.26 Å². The summed E-state index contributed by atoms with van der Waals surface area (Å²) in [5.74, 6) is 0.858. The summed E-state index contributed by atoms with van der Waals surface area (Å²) in [6, 6.07) is 18.9. The van der Waals surface area contributed by atoms with Gasteiger partial charge in [0.1, 0.15) is 6.07 Å². The first kappa shape index (κ1) is 21.6. The maximum Gasteiger partial charge on any atom is 0.232 e. The normalized spacial score (nSPS) is 12.6. The summed E-state index contributed by atoms with van der Waals surface area (Å²) < 4.78 is 5.90. The van der Waals surface area contributed by atoms with Crippen molar-refractivity contribution in [3.63, 3.8) is 0 Å². The largest absolute Gasteiger partial charge is 0.419 e. The highest BCUT2D eigenvalue weighted by molar-refractivity contribution is 5.59. The Labute approximate surface area is 179 Å². The standard InChI is InChI=1S/C25H30N4O/c1-17-7-9-19(10-8-17)23-28-21(15-26)24(30-23)27-16-22(29(5)6)18-11-13-20(14-12-18)25(2,3)4/h7-14,22,27H,16H2,1-6H3. The molecule has 5 heteroatoms. The molecule has 0 radical (unpaired) electrons. The Morgan fingerprint density at radius 3 is 2.23 bits per heavy atom. The van der Waals surface area contributed by atoms with Crippen LogP contribution in [0.5, 0.6) is 0 Å². The van der Waals surface area contributed by atoms with Crippen molar-refractivity contribution in [1.29, 1.82) is 5.26 Å². The minimum Gasteiger partial charge on any atom is -0.419 e. The molecular formula is C25H30N4O. The number of hydrogen-bond donors (Lipinski definition) is 1. The fourth-order valence-corrected chi connectivity index (χ4v) is 3.33. The molecule has 0 saturated carbocycles. The van der Waals surface area contributed by atoms with Crippen molar-refractivity contribution < 1.29 is 4.42 Å². The van der Waals surface area contributed by atoms with E-state index in [1.807, 2.05) is 45.3 Å². The van der Waals surface area contributed by atoms with Crippen LogP contribution >= 0.6 is 0 Å². The number of benzene rings is 2. The molecule has 0 spiro atoms. The van der Waals surface area contributed by atoms with Crippen LogP contribution in [0, 0.1) is 18.3 Å². The van der Waals surface area contributed by atoms with Gasteiger partial charge in [-0.05, 0) is 49.7 Å². The average Bonchev–Trinajstić information content (AvgIpc) is 3.11. The number of nitrogens with one attached hydrogen (secondary N) is 1. The summed E-state index contributed by atoms with van der Waals surface area (Å²) in [4.78, 5) is 6.51. The minimum absolute atomic E-state index is 0.123. The molecule has 1 aromatic heterocycles. The van der Waals surface area contributed by atoms with E-state index in [-0.39, 0.29) is 17.2 Å². The van der Waals surface area contributed by atoms with Gasteiger partial charge in [0, 0.05) is 12.1 Å². The molecule has 30 heavy (non-hydrogen) atoms. The third-order valence-corrected chi connectivity index (χ3v) is 5.27. The van der Waals surface area contributed by atoms with E-state index in [2.05, 4.69) is 66.3 Å². The Hall–Kier alpha value is -3.10. The van der Waals surface area contributed by atoms with Gasteiger partial charge in [0.05, 0.1) is 6.04 Å². The molecule has 0 aliphatic rings. The van der Waals surface area contributed by atoms with Crippen molar-refractivity contribution in [2.75, 3.05) is 26.0 Å². The summed E-state index contributed by atoms with van der Waals surface area (Å²) in [5, 5.41) is 12.8. The number of nitriles is 1. The second-order valence-corrected chi connectivity index (χ2v) is 8.91. The number of hydrogen-bond acceptors (Lipinski definition) is 5. The van der Waals surface area contributed by atoms with Gasteiger partial charge in [-0.3, -0.25) is 0 Å². The number of oxazole rings is 1. The predicted octanol–water partition coefficient (Wildman–Crippen LogP) is 5.53. The maximum atomic E-state index is 9.50. The molecule has 0 amide bonds. The molecule has 0 aliphatic carbocycles. The molecule has 156 valence electrons. The molecule has 2 aromatic carbocycles. The zero-order valence-electron chi connectivity index (χ0n) is 18.7. The highest BCUT2D eigenvalue weighted by Gasteiger charge is 2.20. The fourth-order valence-electron chi connectivity index (χ4n) is 3.33. The molecule has 1 atom stereocenters. The SMILES string of the molecule is Cc1ccc(-c2nc(C#N)c(NCC(c3ccc(C(C)(C)C)cc3)N(C)C)o2)cc1. The monoisotopic (exact) mass is 402 g/mol. The van der Waals surface area contributed by atoms with E-state index in [1.54, 1.807) is 0 Å². The molecule has 0 bridgehead atoms. The van der Waals surface area contributed by atoms with Crippen LogP contribution in [0.15, 0.2) is 52.9 Å². The van der Waals surface area contributed by atoms with Crippen molar-refractivity contribution in [2.45, 2.75) is 39.2 Å². The molecular weight excluding hydrogens is 372 g/mol. The van der Waals surface area contributed by atoms with Crippen LogP contribution in [0.3, 0.4) is 0 Å². The molecule has 1 N–H and O–H groups in total. The van der Waals surface area contributed by atoms with Crippen LogP contribution in [0.2, 0.25) is 0 Å². The lowest BCUT2D eigenvalue weighted by atomic mass is 9.86. The van der Waals surface area contributed by atoms with E-state index >= 15 is 0 Å². The first-order chi connectivity index (χ1) is 14.2. The fraction of sp³-hybridized carbons (Fsp3) is 0.360. The van der Waals surface area contributed by atoms with Crippen molar-refractivity contribution >= 4 is 5.88 Å². The lowest BCUT2D eigenvalue weighted by Gasteiger charge is -2.26. The van der Waals surface area contributed by atoms with Crippen LogP contribution < -0.4 is 5.32 Å². The number of anilines is 1.